The van der Waals surface area contributed by atoms with E-state index in [1.165, 1.54) is 19.3 Å². The summed E-state index contributed by atoms with van der Waals surface area (Å²) in [5, 5.41) is 0. The van der Waals surface area contributed by atoms with E-state index in [2.05, 4.69) is 5.43 Å². The van der Waals surface area contributed by atoms with Gasteiger partial charge in [-0.05, 0) is 31.4 Å². The molecule has 2 rings (SSSR count). The van der Waals surface area contributed by atoms with Crippen molar-refractivity contribution in [3.05, 3.63) is 24.5 Å². The molecule has 54 valence electrons. The van der Waals surface area contributed by atoms with Crippen molar-refractivity contribution in [3.8, 4) is 0 Å². The van der Waals surface area contributed by atoms with Crippen LogP contribution in [0.5, 0.6) is 0 Å². The van der Waals surface area contributed by atoms with E-state index in [1.807, 2.05) is 29.2 Å². The molecule has 0 spiro atoms. The number of rotatable bonds is 2. The molecule has 1 aromatic rings. The van der Waals surface area contributed by atoms with Crippen molar-refractivity contribution in [2.45, 2.75) is 25.3 Å². The Morgan fingerprint density at radius 1 is 1.20 bits per heavy atom. The molecule has 0 aromatic carbocycles. The number of hydrogen-bond acceptors (Lipinski definition) is 1. The Balaban J connectivity index is 1.90. The molecule has 0 bridgehead atoms. The van der Waals surface area contributed by atoms with Gasteiger partial charge in [0.2, 0.25) is 0 Å². The molecular formula is C8H12N2. The first-order chi connectivity index (χ1) is 4.95. The second kappa shape index (κ2) is 2.37. The number of nitrogens with zero attached hydrogens (tertiary/aromatic N) is 1. The molecule has 0 amide bonds. The van der Waals surface area contributed by atoms with Gasteiger partial charge >= 0.3 is 0 Å². The molecule has 0 radical (unpaired) electrons. The molecule has 2 heteroatoms. The highest BCUT2D eigenvalue weighted by molar-refractivity contribution is 4.97. The van der Waals surface area contributed by atoms with Gasteiger partial charge in [-0.3, -0.25) is 4.68 Å². The van der Waals surface area contributed by atoms with Crippen molar-refractivity contribution in [2.75, 3.05) is 5.43 Å². The Labute approximate surface area is 60.8 Å². The van der Waals surface area contributed by atoms with Crippen LogP contribution in [0.2, 0.25) is 0 Å². The van der Waals surface area contributed by atoms with Gasteiger partial charge in [0.1, 0.15) is 0 Å². The molecule has 10 heavy (non-hydrogen) atoms. The summed E-state index contributed by atoms with van der Waals surface area (Å²) in [5.74, 6) is 0. The topological polar surface area (TPSA) is 17.0 Å². The molecule has 2 nitrogen and oxygen atoms in total. The summed E-state index contributed by atoms with van der Waals surface area (Å²) in [5.41, 5.74) is 3.38. The third-order valence-electron chi connectivity index (χ3n) is 2.04. The lowest BCUT2D eigenvalue weighted by atomic mass is 9.94. The maximum absolute atomic E-state index is 3.38. The zero-order valence-electron chi connectivity index (χ0n) is 5.96. The summed E-state index contributed by atoms with van der Waals surface area (Å²) in [6.07, 6.45) is 8.13. The maximum Gasteiger partial charge on any atom is 0.0424 e. The highest BCUT2D eigenvalue weighted by Gasteiger charge is 2.16. The molecule has 0 atom stereocenters. The second-order valence-corrected chi connectivity index (χ2v) is 2.85. The third kappa shape index (κ3) is 1.01. The summed E-state index contributed by atoms with van der Waals surface area (Å²) in [6, 6.07) is 4.80. The van der Waals surface area contributed by atoms with Gasteiger partial charge < -0.3 is 5.43 Å². The van der Waals surface area contributed by atoms with Crippen LogP contribution in [0.25, 0.3) is 0 Å². The fraction of sp³-hybridized carbons (Fsp3) is 0.500. The highest BCUT2D eigenvalue weighted by atomic mass is 15.4. The summed E-state index contributed by atoms with van der Waals surface area (Å²) < 4.78 is 2.03. The van der Waals surface area contributed by atoms with Crippen molar-refractivity contribution in [1.82, 2.24) is 4.68 Å². The quantitative estimate of drug-likeness (QED) is 0.653. The van der Waals surface area contributed by atoms with Crippen LogP contribution in [0.4, 0.5) is 0 Å². The van der Waals surface area contributed by atoms with Crippen LogP contribution >= 0.6 is 0 Å². The van der Waals surface area contributed by atoms with Crippen LogP contribution in [0.1, 0.15) is 19.3 Å². The Bertz CT molecular complexity index is 187. The second-order valence-electron chi connectivity index (χ2n) is 2.85. The fourth-order valence-electron chi connectivity index (χ4n) is 1.17. The van der Waals surface area contributed by atoms with E-state index in [9.17, 15) is 0 Å². The number of hydrogen-bond donors (Lipinski definition) is 1. The van der Waals surface area contributed by atoms with E-state index < -0.39 is 0 Å². The highest BCUT2D eigenvalue weighted by Crippen LogP contribution is 2.18. The van der Waals surface area contributed by atoms with Crippen molar-refractivity contribution >= 4 is 0 Å². The van der Waals surface area contributed by atoms with Crippen LogP contribution in [0.3, 0.4) is 0 Å². The van der Waals surface area contributed by atoms with Crippen molar-refractivity contribution < 1.29 is 0 Å². The first-order valence-corrected chi connectivity index (χ1v) is 3.85. The van der Waals surface area contributed by atoms with E-state index in [0.29, 0.717) is 0 Å². The Morgan fingerprint density at radius 2 is 1.90 bits per heavy atom. The van der Waals surface area contributed by atoms with Crippen molar-refractivity contribution in [2.24, 2.45) is 0 Å². The molecule has 0 aliphatic heterocycles. The first kappa shape index (κ1) is 5.83. The smallest absolute Gasteiger partial charge is 0.0424 e. The zero-order chi connectivity index (χ0) is 6.81. The Morgan fingerprint density at radius 3 is 2.40 bits per heavy atom. The first-order valence-electron chi connectivity index (χ1n) is 3.85. The minimum Gasteiger partial charge on any atom is -0.323 e. The van der Waals surface area contributed by atoms with Crippen LogP contribution < -0.4 is 5.43 Å². The summed E-state index contributed by atoms with van der Waals surface area (Å²) in [6.45, 7) is 0. The van der Waals surface area contributed by atoms with Gasteiger partial charge in [0, 0.05) is 18.4 Å². The van der Waals surface area contributed by atoms with Gasteiger partial charge in [-0.2, -0.15) is 0 Å². The van der Waals surface area contributed by atoms with Gasteiger partial charge in [-0.25, -0.2) is 0 Å². The average molecular weight is 136 g/mol. The lowest BCUT2D eigenvalue weighted by Crippen LogP contribution is -2.32. The standard InChI is InChI=1S/C8H12N2/c1-2-7-10(6-1)9-8-4-3-5-8/h1-2,6-9H,3-5H2. The summed E-state index contributed by atoms with van der Waals surface area (Å²) in [4.78, 5) is 0. The SMILES string of the molecule is c1ccn(NC2CCC2)c1. The molecule has 1 saturated carbocycles. The van der Waals surface area contributed by atoms with Crippen LogP contribution in [0.15, 0.2) is 24.5 Å². The molecule has 1 fully saturated rings. The molecule has 1 N–H and O–H groups in total. The minimum absolute atomic E-state index is 0.729. The van der Waals surface area contributed by atoms with Gasteiger partial charge in [0.05, 0.1) is 0 Å². The largest absolute Gasteiger partial charge is 0.323 e. The van der Waals surface area contributed by atoms with Crippen LogP contribution in [0, 0.1) is 0 Å². The van der Waals surface area contributed by atoms with Gasteiger partial charge in [-0.1, -0.05) is 0 Å². The summed E-state index contributed by atoms with van der Waals surface area (Å²) in [7, 11) is 0. The van der Waals surface area contributed by atoms with E-state index in [1.54, 1.807) is 0 Å². The fourth-order valence-corrected chi connectivity index (χ4v) is 1.17. The monoisotopic (exact) mass is 136 g/mol. The van der Waals surface area contributed by atoms with E-state index >= 15 is 0 Å². The zero-order valence-corrected chi connectivity index (χ0v) is 5.96. The molecule has 1 aliphatic rings. The maximum atomic E-state index is 3.38. The van der Waals surface area contributed by atoms with E-state index in [4.69, 9.17) is 0 Å². The number of aromatic nitrogens is 1. The Kier molecular flexibility index (Phi) is 1.38. The lowest BCUT2D eigenvalue weighted by molar-refractivity contribution is 0.415. The van der Waals surface area contributed by atoms with E-state index in [0.717, 1.165) is 6.04 Å². The predicted octanol–water partition coefficient (Wildman–Crippen LogP) is 1.58. The predicted molar refractivity (Wildman–Crippen MR) is 41.4 cm³/mol. The van der Waals surface area contributed by atoms with Gasteiger partial charge in [-0.15, -0.1) is 0 Å². The van der Waals surface area contributed by atoms with Gasteiger partial charge in [0.15, 0.2) is 0 Å². The minimum atomic E-state index is 0.729. The van der Waals surface area contributed by atoms with Gasteiger partial charge in [0.25, 0.3) is 0 Å². The molecule has 0 unspecified atom stereocenters. The average Bonchev–Trinajstić information content (AvgIpc) is 2.29. The molecule has 0 saturated heterocycles. The Hall–Kier alpha value is -0.920. The molecular weight excluding hydrogens is 124 g/mol. The van der Waals surface area contributed by atoms with Crippen molar-refractivity contribution in [1.29, 1.82) is 0 Å². The van der Waals surface area contributed by atoms with E-state index in [-0.39, 0.29) is 0 Å². The normalized spacial score (nSPS) is 18.4. The molecule has 1 aromatic heterocycles. The number of nitrogens with one attached hydrogen (secondary N) is 1. The summed E-state index contributed by atoms with van der Waals surface area (Å²) >= 11 is 0. The lowest BCUT2D eigenvalue weighted by Gasteiger charge is -2.27. The third-order valence-corrected chi connectivity index (χ3v) is 2.04. The van der Waals surface area contributed by atoms with Crippen molar-refractivity contribution in [3.63, 3.8) is 0 Å². The van der Waals surface area contributed by atoms with Crippen LogP contribution in [-0.4, -0.2) is 10.7 Å². The molecule has 1 aliphatic carbocycles. The molecule has 1 heterocycles. The van der Waals surface area contributed by atoms with Crippen LogP contribution in [-0.2, 0) is 0 Å².